The number of aryl methyl sites for hydroxylation is 1. The molecule has 17 heavy (non-hydrogen) atoms. The van der Waals surface area contributed by atoms with Crippen molar-refractivity contribution in [3.05, 3.63) is 29.3 Å². The topological polar surface area (TPSA) is 46.5 Å². The van der Waals surface area contributed by atoms with Gasteiger partial charge in [-0.1, -0.05) is 26.0 Å². The highest BCUT2D eigenvalue weighted by molar-refractivity contribution is 5.67. The van der Waals surface area contributed by atoms with Gasteiger partial charge in [0.05, 0.1) is 13.0 Å². The number of ether oxygens (including phenoxy) is 1. The molecule has 0 unspecified atom stereocenters. The number of carboxylic acids is 1. The van der Waals surface area contributed by atoms with E-state index in [1.54, 1.807) is 0 Å². The second-order valence-electron chi connectivity index (χ2n) is 5.22. The van der Waals surface area contributed by atoms with Crippen LogP contribution >= 0.6 is 0 Å². The number of hydrogen-bond donors (Lipinski definition) is 1. The molecule has 3 heteroatoms. The molecule has 0 heterocycles. The zero-order valence-corrected chi connectivity index (χ0v) is 10.9. The summed E-state index contributed by atoms with van der Waals surface area (Å²) < 4.78 is 5.72. The Morgan fingerprint density at radius 2 is 2.00 bits per heavy atom. The lowest BCUT2D eigenvalue weighted by Crippen LogP contribution is -2.25. The monoisotopic (exact) mass is 236 g/mol. The Morgan fingerprint density at radius 3 is 2.59 bits per heavy atom. The highest BCUT2D eigenvalue weighted by atomic mass is 16.5. The zero-order chi connectivity index (χ0) is 13.1. The van der Waals surface area contributed by atoms with E-state index in [-0.39, 0.29) is 11.8 Å². The fraction of sp³-hybridized carbons (Fsp3) is 0.500. The van der Waals surface area contributed by atoms with Crippen LogP contribution in [0, 0.1) is 19.3 Å². The Kier molecular flexibility index (Phi) is 4.16. The number of benzene rings is 1. The standard InChI is InChI=1S/C14H20O3/c1-10-6-5-7-12(11(10)2)17-9-14(3,4)8-13(15)16/h5-7H,8-9H2,1-4H3,(H,15,16). The lowest BCUT2D eigenvalue weighted by Gasteiger charge is -2.23. The van der Waals surface area contributed by atoms with E-state index in [1.807, 2.05) is 45.9 Å². The Hall–Kier alpha value is -1.51. The van der Waals surface area contributed by atoms with Gasteiger partial charge in [-0.05, 0) is 31.0 Å². The molecule has 0 aliphatic rings. The maximum absolute atomic E-state index is 10.7. The van der Waals surface area contributed by atoms with Gasteiger partial charge >= 0.3 is 5.97 Å². The van der Waals surface area contributed by atoms with E-state index in [1.165, 1.54) is 5.56 Å². The van der Waals surface area contributed by atoms with Gasteiger partial charge < -0.3 is 9.84 Å². The normalized spacial score (nSPS) is 11.3. The van der Waals surface area contributed by atoms with Gasteiger partial charge in [-0.15, -0.1) is 0 Å². The van der Waals surface area contributed by atoms with Crippen molar-refractivity contribution >= 4 is 5.97 Å². The molecule has 0 aromatic heterocycles. The van der Waals surface area contributed by atoms with Gasteiger partial charge in [-0.3, -0.25) is 4.79 Å². The van der Waals surface area contributed by atoms with Gasteiger partial charge in [0.15, 0.2) is 0 Å². The minimum Gasteiger partial charge on any atom is -0.493 e. The van der Waals surface area contributed by atoms with Crippen molar-refractivity contribution in [3.63, 3.8) is 0 Å². The van der Waals surface area contributed by atoms with Gasteiger partial charge in [-0.25, -0.2) is 0 Å². The van der Waals surface area contributed by atoms with Gasteiger partial charge in [0, 0.05) is 5.41 Å². The first kappa shape index (κ1) is 13.6. The van der Waals surface area contributed by atoms with Crippen molar-refractivity contribution < 1.29 is 14.6 Å². The Bertz CT molecular complexity index is 408. The Labute approximate surface area is 102 Å². The Morgan fingerprint density at radius 1 is 1.35 bits per heavy atom. The summed E-state index contributed by atoms with van der Waals surface area (Å²) in [5.41, 5.74) is 1.93. The van der Waals surface area contributed by atoms with Gasteiger partial charge in [-0.2, -0.15) is 0 Å². The molecule has 1 rings (SSSR count). The molecular weight excluding hydrogens is 216 g/mol. The fourth-order valence-corrected chi connectivity index (χ4v) is 1.61. The predicted molar refractivity (Wildman–Crippen MR) is 67.4 cm³/mol. The lowest BCUT2D eigenvalue weighted by molar-refractivity contribution is -0.139. The summed E-state index contributed by atoms with van der Waals surface area (Å²) in [5, 5.41) is 8.79. The van der Waals surface area contributed by atoms with E-state index in [2.05, 4.69) is 0 Å². The van der Waals surface area contributed by atoms with Crippen LogP contribution in [0.25, 0.3) is 0 Å². The van der Waals surface area contributed by atoms with E-state index in [0.717, 1.165) is 11.3 Å². The second-order valence-corrected chi connectivity index (χ2v) is 5.22. The maximum atomic E-state index is 10.7. The average Bonchev–Trinajstić information content (AvgIpc) is 2.18. The van der Waals surface area contributed by atoms with E-state index in [0.29, 0.717) is 6.61 Å². The summed E-state index contributed by atoms with van der Waals surface area (Å²) in [5.74, 6) is 0.0445. The molecule has 0 fully saturated rings. The van der Waals surface area contributed by atoms with Crippen LogP contribution in [0.1, 0.15) is 31.4 Å². The minimum absolute atomic E-state index is 0.109. The maximum Gasteiger partial charge on any atom is 0.304 e. The van der Waals surface area contributed by atoms with Crippen LogP contribution < -0.4 is 4.74 Å². The van der Waals surface area contributed by atoms with Crippen LogP contribution in [0.15, 0.2) is 18.2 Å². The van der Waals surface area contributed by atoms with Crippen molar-refractivity contribution in [2.24, 2.45) is 5.41 Å². The van der Waals surface area contributed by atoms with Crippen LogP contribution in [0.2, 0.25) is 0 Å². The van der Waals surface area contributed by atoms with Gasteiger partial charge in [0.2, 0.25) is 0 Å². The molecular formula is C14H20O3. The molecule has 0 saturated carbocycles. The molecule has 0 spiro atoms. The van der Waals surface area contributed by atoms with E-state index < -0.39 is 5.97 Å². The van der Waals surface area contributed by atoms with E-state index in [9.17, 15) is 4.79 Å². The summed E-state index contributed by atoms with van der Waals surface area (Å²) in [6, 6.07) is 5.89. The largest absolute Gasteiger partial charge is 0.493 e. The molecule has 0 saturated heterocycles. The average molecular weight is 236 g/mol. The molecule has 0 atom stereocenters. The highest BCUT2D eigenvalue weighted by Gasteiger charge is 2.23. The summed E-state index contributed by atoms with van der Waals surface area (Å²) >= 11 is 0. The molecule has 1 N–H and O–H groups in total. The van der Waals surface area contributed by atoms with Crippen LogP contribution in [-0.2, 0) is 4.79 Å². The summed E-state index contributed by atoms with van der Waals surface area (Å²) in [6.45, 7) is 8.24. The fourth-order valence-electron chi connectivity index (χ4n) is 1.61. The number of aliphatic carboxylic acids is 1. The van der Waals surface area contributed by atoms with Crippen LogP contribution in [0.5, 0.6) is 5.75 Å². The van der Waals surface area contributed by atoms with Crippen molar-refractivity contribution in [2.45, 2.75) is 34.1 Å². The second kappa shape index (κ2) is 5.21. The first-order valence-electron chi connectivity index (χ1n) is 5.73. The molecule has 0 bridgehead atoms. The van der Waals surface area contributed by atoms with Crippen LogP contribution in [-0.4, -0.2) is 17.7 Å². The van der Waals surface area contributed by atoms with E-state index >= 15 is 0 Å². The molecule has 0 aliphatic carbocycles. The number of carboxylic acid groups (broad SMARTS) is 1. The summed E-state index contributed by atoms with van der Waals surface area (Å²) in [4.78, 5) is 10.7. The third kappa shape index (κ3) is 4.10. The van der Waals surface area contributed by atoms with Crippen molar-refractivity contribution in [3.8, 4) is 5.75 Å². The van der Waals surface area contributed by atoms with Crippen molar-refractivity contribution in [1.29, 1.82) is 0 Å². The first-order valence-corrected chi connectivity index (χ1v) is 5.73. The van der Waals surface area contributed by atoms with Gasteiger partial charge in [0.1, 0.15) is 5.75 Å². The molecule has 0 aliphatic heterocycles. The zero-order valence-electron chi connectivity index (χ0n) is 10.9. The third-order valence-electron chi connectivity index (χ3n) is 2.80. The highest BCUT2D eigenvalue weighted by Crippen LogP contribution is 2.25. The predicted octanol–water partition coefficient (Wildman–Crippen LogP) is 3.18. The van der Waals surface area contributed by atoms with E-state index in [4.69, 9.17) is 9.84 Å². The molecule has 3 nitrogen and oxygen atoms in total. The SMILES string of the molecule is Cc1cccc(OCC(C)(C)CC(=O)O)c1C. The third-order valence-corrected chi connectivity index (χ3v) is 2.80. The number of carbonyl (C=O) groups is 1. The summed E-state index contributed by atoms with van der Waals surface area (Å²) in [7, 11) is 0. The molecule has 0 amide bonds. The molecule has 1 aromatic rings. The van der Waals surface area contributed by atoms with Crippen LogP contribution in [0.3, 0.4) is 0 Å². The quantitative estimate of drug-likeness (QED) is 0.854. The van der Waals surface area contributed by atoms with Crippen molar-refractivity contribution in [2.75, 3.05) is 6.61 Å². The molecule has 0 radical (unpaired) electrons. The number of hydrogen-bond acceptors (Lipinski definition) is 2. The first-order chi connectivity index (χ1) is 7.82. The van der Waals surface area contributed by atoms with Gasteiger partial charge in [0.25, 0.3) is 0 Å². The Balaban J connectivity index is 2.67. The summed E-state index contributed by atoms with van der Waals surface area (Å²) in [6.07, 6.45) is 0.109. The minimum atomic E-state index is -0.792. The molecule has 1 aromatic carbocycles. The number of rotatable bonds is 5. The van der Waals surface area contributed by atoms with Crippen molar-refractivity contribution in [1.82, 2.24) is 0 Å². The lowest BCUT2D eigenvalue weighted by atomic mass is 9.90. The smallest absolute Gasteiger partial charge is 0.304 e. The van der Waals surface area contributed by atoms with Crippen LogP contribution in [0.4, 0.5) is 0 Å². The molecule has 94 valence electrons.